The number of carbonyl (C=O) groups is 1. The van der Waals surface area contributed by atoms with Crippen molar-refractivity contribution in [2.45, 2.75) is 12.7 Å². The van der Waals surface area contributed by atoms with Gasteiger partial charge in [0.2, 0.25) is 0 Å². The largest absolute Gasteiger partial charge is 0.478 e. The number of nitrogens with one attached hydrogen (secondary N) is 1. The fourth-order valence-electron chi connectivity index (χ4n) is 1.40. The topological polar surface area (TPSA) is 49.3 Å². The van der Waals surface area contributed by atoms with Crippen molar-refractivity contribution in [2.75, 3.05) is 6.54 Å². The van der Waals surface area contributed by atoms with Crippen LogP contribution in [0.1, 0.15) is 11.1 Å². The molecule has 1 aromatic carbocycles. The smallest absolute Gasteiger partial charge is 0.416 e. The van der Waals surface area contributed by atoms with Crippen LogP contribution in [0.5, 0.6) is 0 Å². The van der Waals surface area contributed by atoms with Gasteiger partial charge in [-0.2, -0.15) is 13.2 Å². The van der Waals surface area contributed by atoms with Crippen LogP contribution in [0.15, 0.2) is 36.4 Å². The molecule has 0 saturated heterocycles. The van der Waals surface area contributed by atoms with Crippen molar-refractivity contribution < 1.29 is 23.1 Å². The lowest BCUT2D eigenvalue weighted by Crippen LogP contribution is -2.17. The van der Waals surface area contributed by atoms with Crippen molar-refractivity contribution >= 4 is 5.97 Å². The minimum absolute atomic E-state index is 0.0274. The van der Waals surface area contributed by atoms with Crippen molar-refractivity contribution in [1.82, 2.24) is 5.32 Å². The van der Waals surface area contributed by atoms with Crippen LogP contribution < -0.4 is 5.32 Å². The van der Waals surface area contributed by atoms with Gasteiger partial charge in [-0.15, -0.1) is 0 Å². The lowest BCUT2D eigenvalue weighted by atomic mass is 10.1. The van der Waals surface area contributed by atoms with Gasteiger partial charge < -0.3 is 10.4 Å². The summed E-state index contributed by atoms with van der Waals surface area (Å²) < 4.78 is 37.8. The van der Waals surface area contributed by atoms with Crippen LogP contribution in [-0.4, -0.2) is 17.6 Å². The van der Waals surface area contributed by atoms with Gasteiger partial charge >= 0.3 is 12.1 Å². The van der Waals surface area contributed by atoms with Crippen LogP contribution in [0.4, 0.5) is 13.2 Å². The molecule has 0 aromatic heterocycles. The minimum Gasteiger partial charge on any atom is -0.478 e. The monoisotopic (exact) mass is 259 g/mol. The lowest BCUT2D eigenvalue weighted by molar-refractivity contribution is -0.138. The third-order valence-electron chi connectivity index (χ3n) is 2.16. The summed E-state index contributed by atoms with van der Waals surface area (Å²) in [7, 11) is 0. The van der Waals surface area contributed by atoms with Gasteiger partial charge in [0.1, 0.15) is 0 Å². The molecule has 0 heterocycles. The molecule has 18 heavy (non-hydrogen) atoms. The molecular weight excluding hydrogens is 247 g/mol. The summed E-state index contributed by atoms with van der Waals surface area (Å²) in [4.78, 5) is 10.2. The standard InChI is InChI=1S/C12H12F3NO2/c13-12(14,15)10-5-2-1-4-9(10)8-16-7-3-6-11(17)18/h1-6,16H,7-8H2,(H,17,18)/b6-3+. The molecule has 6 heteroatoms. The Morgan fingerprint density at radius 2 is 2.00 bits per heavy atom. The minimum atomic E-state index is -4.38. The van der Waals surface area contributed by atoms with E-state index in [-0.39, 0.29) is 18.7 Å². The van der Waals surface area contributed by atoms with E-state index in [0.29, 0.717) is 0 Å². The van der Waals surface area contributed by atoms with Gasteiger partial charge in [-0.1, -0.05) is 24.3 Å². The third kappa shape index (κ3) is 4.58. The van der Waals surface area contributed by atoms with Gasteiger partial charge in [0.25, 0.3) is 0 Å². The van der Waals surface area contributed by atoms with Gasteiger partial charge in [0.15, 0.2) is 0 Å². The van der Waals surface area contributed by atoms with Gasteiger partial charge in [0.05, 0.1) is 5.56 Å². The second kappa shape index (κ2) is 6.20. The van der Waals surface area contributed by atoms with E-state index in [1.165, 1.54) is 24.3 Å². The van der Waals surface area contributed by atoms with Crippen LogP contribution >= 0.6 is 0 Å². The number of carboxylic acid groups (broad SMARTS) is 1. The van der Waals surface area contributed by atoms with Crippen molar-refractivity contribution in [3.8, 4) is 0 Å². The molecule has 0 atom stereocenters. The van der Waals surface area contributed by atoms with E-state index >= 15 is 0 Å². The predicted octanol–water partition coefficient (Wildman–Crippen LogP) is 2.44. The maximum absolute atomic E-state index is 12.6. The highest BCUT2D eigenvalue weighted by Crippen LogP contribution is 2.31. The Kier molecular flexibility index (Phi) is 4.91. The first kappa shape index (κ1) is 14.2. The summed E-state index contributed by atoms with van der Waals surface area (Å²) in [6.45, 7) is 0.220. The van der Waals surface area contributed by atoms with E-state index in [9.17, 15) is 18.0 Å². The van der Waals surface area contributed by atoms with Gasteiger partial charge in [-0.25, -0.2) is 4.79 Å². The molecule has 1 rings (SSSR count). The molecule has 0 spiro atoms. The molecule has 0 unspecified atom stereocenters. The van der Waals surface area contributed by atoms with E-state index < -0.39 is 17.7 Å². The molecule has 1 aromatic rings. The van der Waals surface area contributed by atoms with E-state index in [4.69, 9.17) is 5.11 Å². The van der Waals surface area contributed by atoms with Gasteiger partial charge in [-0.05, 0) is 11.6 Å². The zero-order chi connectivity index (χ0) is 13.6. The molecule has 0 radical (unpaired) electrons. The maximum atomic E-state index is 12.6. The van der Waals surface area contributed by atoms with Crippen molar-refractivity contribution in [2.24, 2.45) is 0 Å². The number of rotatable bonds is 5. The predicted molar refractivity (Wildman–Crippen MR) is 59.9 cm³/mol. The van der Waals surface area contributed by atoms with Crippen molar-refractivity contribution in [1.29, 1.82) is 0 Å². The number of hydrogen-bond donors (Lipinski definition) is 2. The SMILES string of the molecule is O=C(O)/C=C/CNCc1ccccc1C(F)(F)F. The Balaban J connectivity index is 2.60. The van der Waals surface area contributed by atoms with Crippen molar-refractivity contribution in [3.63, 3.8) is 0 Å². The summed E-state index contributed by atoms with van der Waals surface area (Å²) in [5.41, 5.74) is -0.548. The van der Waals surface area contributed by atoms with E-state index in [0.717, 1.165) is 12.1 Å². The molecule has 0 bridgehead atoms. The molecule has 0 aliphatic carbocycles. The summed E-state index contributed by atoms with van der Waals surface area (Å²) in [5, 5.41) is 11.0. The number of halogens is 3. The number of benzene rings is 1. The fourth-order valence-corrected chi connectivity index (χ4v) is 1.40. The molecule has 0 aliphatic heterocycles. The normalized spacial score (nSPS) is 11.9. The summed E-state index contributed by atoms with van der Waals surface area (Å²) in [6.07, 6.45) is -2.11. The average molecular weight is 259 g/mol. The van der Waals surface area contributed by atoms with E-state index in [2.05, 4.69) is 5.32 Å². The molecule has 0 fully saturated rings. The average Bonchev–Trinajstić information content (AvgIpc) is 2.27. The highest BCUT2D eigenvalue weighted by Gasteiger charge is 2.32. The zero-order valence-electron chi connectivity index (χ0n) is 9.37. The molecule has 0 amide bonds. The Hall–Kier alpha value is -1.82. The molecule has 0 saturated carbocycles. The van der Waals surface area contributed by atoms with Crippen LogP contribution in [-0.2, 0) is 17.5 Å². The highest BCUT2D eigenvalue weighted by molar-refractivity contribution is 5.79. The second-order valence-electron chi connectivity index (χ2n) is 3.53. The lowest BCUT2D eigenvalue weighted by Gasteiger charge is -2.12. The van der Waals surface area contributed by atoms with Crippen LogP contribution in [0.3, 0.4) is 0 Å². The van der Waals surface area contributed by atoms with E-state index in [1.807, 2.05) is 0 Å². The molecule has 3 nitrogen and oxygen atoms in total. The summed E-state index contributed by atoms with van der Waals surface area (Å²) in [5.74, 6) is -1.09. The van der Waals surface area contributed by atoms with Crippen LogP contribution in [0.2, 0.25) is 0 Å². The summed E-state index contributed by atoms with van der Waals surface area (Å²) >= 11 is 0. The molecule has 2 N–H and O–H groups in total. The van der Waals surface area contributed by atoms with Gasteiger partial charge in [-0.3, -0.25) is 0 Å². The fraction of sp³-hybridized carbons (Fsp3) is 0.250. The molecular formula is C12H12F3NO2. The number of hydrogen-bond acceptors (Lipinski definition) is 2. The van der Waals surface area contributed by atoms with Gasteiger partial charge in [0, 0.05) is 19.2 Å². The van der Waals surface area contributed by atoms with Crippen LogP contribution in [0.25, 0.3) is 0 Å². The third-order valence-corrected chi connectivity index (χ3v) is 2.16. The zero-order valence-corrected chi connectivity index (χ0v) is 9.37. The molecule has 0 aliphatic rings. The maximum Gasteiger partial charge on any atom is 0.416 e. The first-order chi connectivity index (χ1) is 8.41. The second-order valence-corrected chi connectivity index (χ2v) is 3.53. The highest BCUT2D eigenvalue weighted by atomic mass is 19.4. The first-order valence-corrected chi connectivity index (χ1v) is 5.16. The quantitative estimate of drug-likeness (QED) is 0.630. The summed E-state index contributed by atoms with van der Waals surface area (Å²) in [6, 6.07) is 5.26. The molecule has 98 valence electrons. The Labute approximate surface area is 102 Å². The number of carboxylic acids is 1. The number of aliphatic carboxylic acids is 1. The number of alkyl halides is 3. The van der Waals surface area contributed by atoms with Crippen molar-refractivity contribution in [3.05, 3.63) is 47.5 Å². The van der Waals surface area contributed by atoms with E-state index in [1.54, 1.807) is 0 Å². The first-order valence-electron chi connectivity index (χ1n) is 5.16. The Morgan fingerprint density at radius 3 is 2.61 bits per heavy atom. The van der Waals surface area contributed by atoms with Crippen LogP contribution in [0, 0.1) is 0 Å². The Morgan fingerprint density at radius 1 is 1.33 bits per heavy atom. The Bertz CT molecular complexity index is 441.